The van der Waals surface area contributed by atoms with Crippen LogP contribution >= 0.6 is 0 Å². The third kappa shape index (κ3) is 3.01. The van der Waals surface area contributed by atoms with Gasteiger partial charge in [-0.3, -0.25) is 0 Å². The lowest BCUT2D eigenvalue weighted by Crippen LogP contribution is -2.30. The second-order valence-corrected chi connectivity index (χ2v) is 4.89. The van der Waals surface area contributed by atoms with Crippen molar-refractivity contribution in [3.63, 3.8) is 0 Å². The van der Waals surface area contributed by atoms with Gasteiger partial charge in [-0.1, -0.05) is 0 Å². The summed E-state index contributed by atoms with van der Waals surface area (Å²) in [5, 5.41) is 4.01. The molecular weight excluding hydrogens is 256 g/mol. The van der Waals surface area contributed by atoms with E-state index in [1.165, 1.54) is 19.3 Å². The largest absolute Gasteiger partial charge is 0.484 e. The molecule has 6 nitrogen and oxygen atoms in total. The number of benzene rings is 1. The minimum Gasteiger partial charge on any atom is -0.484 e. The zero-order chi connectivity index (χ0) is 13.8. The minimum absolute atomic E-state index is 0.269. The maximum atomic E-state index is 5.62. The summed E-state index contributed by atoms with van der Waals surface area (Å²) in [5.74, 6) is 1.89. The van der Waals surface area contributed by atoms with Crippen LogP contribution in [0.2, 0.25) is 0 Å². The molecule has 1 fully saturated rings. The highest BCUT2D eigenvalue weighted by Crippen LogP contribution is 2.18. The first-order chi connectivity index (χ1) is 9.81. The van der Waals surface area contributed by atoms with Crippen LogP contribution in [0.1, 0.15) is 25.2 Å². The van der Waals surface area contributed by atoms with E-state index >= 15 is 0 Å². The van der Waals surface area contributed by atoms with E-state index in [4.69, 9.17) is 15.0 Å². The van der Waals surface area contributed by atoms with Crippen LogP contribution in [-0.4, -0.2) is 23.2 Å². The van der Waals surface area contributed by atoms with Crippen LogP contribution in [0, 0.1) is 0 Å². The summed E-state index contributed by atoms with van der Waals surface area (Å²) < 4.78 is 10.8. The summed E-state index contributed by atoms with van der Waals surface area (Å²) in [6.45, 7) is 2.26. The molecule has 0 aliphatic carbocycles. The zero-order valence-electron chi connectivity index (χ0n) is 11.3. The lowest BCUT2D eigenvalue weighted by Gasteiger charge is -2.24. The lowest BCUT2D eigenvalue weighted by atomic mass is 10.1. The molecule has 0 atom stereocenters. The van der Waals surface area contributed by atoms with E-state index in [0.29, 0.717) is 17.5 Å². The zero-order valence-corrected chi connectivity index (χ0v) is 11.3. The molecular formula is C14H18N4O2. The van der Waals surface area contributed by atoms with Crippen LogP contribution < -0.4 is 15.4 Å². The molecule has 1 aromatic heterocycles. The molecule has 0 amide bonds. The molecule has 2 heterocycles. The number of hydrogen-bond acceptors (Lipinski definition) is 6. The first-order valence-corrected chi connectivity index (χ1v) is 6.87. The topological polar surface area (TPSA) is 77.4 Å². The second kappa shape index (κ2) is 5.81. The Hall–Kier alpha value is -2.24. The van der Waals surface area contributed by atoms with Gasteiger partial charge in [-0.25, -0.2) is 0 Å². The van der Waals surface area contributed by atoms with Gasteiger partial charge in [0.1, 0.15) is 5.75 Å². The molecule has 1 aliphatic rings. The third-order valence-electron chi connectivity index (χ3n) is 3.34. The Morgan fingerprint density at radius 2 is 1.90 bits per heavy atom. The number of ether oxygens (including phenoxy) is 1. The van der Waals surface area contributed by atoms with Gasteiger partial charge in [-0.05, 0) is 48.7 Å². The van der Waals surface area contributed by atoms with Crippen molar-refractivity contribution in [1.29, 1.82) is 0 Å². The van der Waals surface area contributed by atoms with Gasteiger partial charge < -0.3 is 19.9 Å². The first kappa shape index (κ1) is 12.8. The fourth-order valence-electron chi connectivity index (χ4n) is 2.24. The highest BCUT2D eigenvalue weighted by Gasteiger charge is 2.16. The van der Waals surface area contributed by atoms with Gasteiger partial charge in [0.2, 0.25) is 0 Å². The molecule has 2 N–H and O–H groups in total. The Kier molecular flexibility index (Phi) is 3.71. The first-order valence-electron chi connectivity index (χ1n) is 6.87. The van der Waals surface area contributed by atoms with E-state index in [1.54, 1.807) is 12.1 Å². The number of hydrogen-bond donors (Lipinski definition) is 1. The Labute approximate surface area is 117 Å². The highest BCUT2D eigenvalue weighted by atomic mass is 16.5. The predicted molar refractivity (Wildman–Crippen MR) is 75.5 cm³/mol. The molecule has 106 valence electrons. The van der Waals surface area contributed by atoms with Crippen molar-refractivity contribution >= 4 is 11.6 Å². The average molecular weight is 274 g/mol. The summed E-state index contributed by atoms with van der Waals surface area (Å²) in [6.07, 6.45) is 3.65. The fraction of sp³-hybridized carbons (Fsp3) is 0.429. The van der Waals surface area contributed by atoms with Gasteiger partial charge >= 0.3 is 0 Å². The van der Waals surface area contributed by atoms with Crippen LogP contribution in [0.5, 0.6) is 5.75 Å². The van der Waals surface area contributed by atoms with Crippen molar-refractivity contribution < 1.29 is 9.26 Å². The highest BCUT2D eigenvalue weighted by molar-refractivity contribution is 5.41. The Balaban J connectivity index is 1.58. The molecule has 1 aliphatic heterocycles. The summed E-state index contributed by atoms with van der Waals surface area (Å²) >= 11 is 0. The van der Waals surface area contributed by atoms with Gasteiger partial charge in [0.15, 0.2) is 6.61 Å². The second-order valence-electron chi connectivity index (χ2n) is 4.89. The molecule has 20 heavy (non-hydrogen) atoms. The van der Waals surface area contributed by atoms with Crippen LogP contribution in [0.3, 0.4) is 0 Å². The summed E-state index contributed by atoms with van der Waals surface area (Å²) in [4.78, 5) is 6.52. The van der Waals surface area contributed by atoms with Gasteiger partial charge in [-0.2, -0.15) is 4.98 Å². The number of anilines is 2. The molecule has 2 aromatic rings. The van der Waals surface area contributed by atoms with Crippen molar-refractivity contribution in [2.45, 2.75) is 25.9 Å². The van der Waals surface area contributed by atoms with Crippen LogP contribution in [0.4, 0.5) is 11.6 Å². The van der Waals surface area contributed by atoms with E-state index in [0.717, 1.165) is 18.8 Å². The number of nitrogens with two attached hydrogens (primary N) is 1. The number of nitrogens with zero attached hydrogens (tertiary/aromatic N) is 3. The number of piperidine rings is 1. The lowest BCUT2D eigenvalue weighted by molar-refractivity contribution is 0.243. The third-order valence-corrected chi connectivity index (χ3v) is 3.34. The average Bonchev–Trinajstić information content (AvgIpc) is 2.97. The van der Waals surface area contributed by atoms with Gasteiger partial charge in [-0.15, -0.1) is 0 Å². The van der Waals surface area contributed by atoms with E-state index < -0.39 is 0 Å². The predicted octanol–water partition coefficient (Wildman–Crippen LogP) is 2.22. The Morgan fingerprint density at radius 3 is 2.65 bits per heavy atom. The molecule has 6 heteroatoms. The number of rotatable bonds is 4. The summed E-state index contributed by atoms with van der Waals surface area (Å²) in [5.41, 5.74) is 6.33. The number of aromatic nitrogens is 2. The molecule has 0 saturated carbocycles. The molecule has 0 unspecified atom stereocenters. The normalized spacial score (nSPS) is 15.3. The van der Waals surface area contributed by atoms with Crippen molar-refractivity contribution in [2.75, 3.05) is 23.7 Å². The smallest absolute Gasteiger partial charge is 0.266 e. The number of nitrogen functional groups attached to an aromatic ring is 1. The van der Waals surface area contributed by atoms with E-state index in [9.17, 15) is 0 Å². The Bertz CT molecular complexity index is 547. The fourth-order valence-corrected chi connectivity index (χ4v) is 2.24. The van der Waals surface area contributed by atoms with Crippen molar-refractivity contribution in [1.82, 2.24) is 10.1 Å². The summed E-state index contributed by atoms with van der Waals surface area (Å²) in [7, 11) is 0. The Morgan fingerprint density at radius 1 is 1.15 bits per heavy atom. The quantitative estimate of drug-likeness (QED) is 0.861. The molecule has 1 saturated heterocycles. The standard InChI is InChI=1S/C14H18N4O2/c15-11-4-6-12(7-5-11)19-10-13-16-14(17-20-13)18-8-2-1-3-9-18/h4-7H,1-3,8-10,15H2. The molecule has 3 rings (SSSR count). The van der Waals surface area contributed by atoms with Gasteiger partial charge in [0, 0.05) is 18.8 Å². The van der Waals surface area contributed by atoms with Crippen LogP contribution in [0.25, 0.3) is 0 Å². The maximum absolute atomic E-state index is 5.62. The SMILES string of the molecule is Nc1ccc(OCc2nc(N3CCCCC3)no2)cc1. The molecule has 1 aromatic carbocycles. The van der Waals surface area contributed by atoms with E-state index in [2.05, 4.69) is 15.0 Å². The van der Waals surface area contributed by atoms with Crippen molar-refractivity contribution in [3.05, 3.63) is 30.2 Å². The molecule has 0 bridgehead atoms. The van der Waals surface area contributed by atoms with Gasteiger partial charge in [0.25, 0.3) is 11.8 Å². The molecule has 0 spiro atoms. The van der Waals surface area contributed by atoms with Crippen molar-refractivity contribution in [3.8, 4) is 5.75 Å². The van der Waals surface area contributed by atoms with Crippen LogP contribution in [0.15, 0.2) is 28.8 Å². The monoisotopic (exact) mass is 274 g/mol. The van der Waals surface area contributed by atoms with Crippen LogP contribution in [-0.2, 0) is 6.61 Å². The minimum atomic E-state index is 0.269. The van der Waals surface area contributed by atoms with Gasteiger partial charge in [0.05, 0.1) is 0 Å². The summed E-state index contributed by atoms with van der Waals surface area (Å²) in [6, 6.07) is 7.22. The van der Waals surface area contributed by atoms with E-state index in [1.807, 2.05) is 12.1 Å². The molecule has 0 radical (unpaired) electrons. The van der Waals surface area contributed by atoms with Crippen molar-refractivity contribution in [2.24, 2.45) is 0 Å². The van der Waals surface area contributed by atoms with E-state index in [-0.39, 0.29) is 6.61 Å². The maximum Gasteiger partial charge on any atom is 0.266 e.